The minimum atomic E-state index is 0.372. The topological polar surface area (TPSA) is 46.2 Å². The van der Waals surface area contributed by atoms with Gasteiger partial charge in [0.2, 0.25) is 0 Å². The first-order chi connectivity index (χ1) is 10.2. The van der Waals surface area contributed by atoms with Gasteiger partial charge in [-0.05, 0) is 19.8 Å². The molecule has 0 aromatic rings. The summed E-state index contributed by atoms with van der Waals surface area (Å²) in [6.07, 6.45) is 18.4. The van der Waals surface area contributed by atoms with Crippen molar-refractivity contribution in [3.05, 3.63) is 0 Å². The Balaban J connectivity index is 0. The van der Waals surface area contributed by atoms with E-state index in [1.165, 1.54) is 83.5 Å². The molecule has 0 aromatic carbocycles. The quantitative estimate of drug-likeness (QED) is 0.397. The molecule has 0 aliphatic rings. The van der Waals surface area contributed by atoms with Crippen molar-refractivity contribution in [2.24, 2.45) is 5.73 Å². The number of aliphatic hydroxyl groups is 1. The highest BCUT2D eigenvalue weighted by Gasteiger charge is 1.91. The van der Waals surface area contributed by atoms with Crippen LogP contribution in [-0.2, 0) is 0 Å². The molecule has 3 N–H and O–H groups in total. The summed E-state index contributed by atoms with van der Waals surface area (Å²) in [7, 11) is 0. The van der Waals surface area contributed by atoms with Crippen molar-refractivity contribution < 1.29 is 5.11 Å². The molecule has 1 unspecified atom stereocenters. The third kappa shape index (κ3) is 28.7. The number of rotatable bonds is 14. The van der Waals surface area contributed by atoms with E-state index in [0.717, 1.165) is 6.42 Å². The standard InChI is InChI=1S/C12H26O.C7H17N/c1-2-3-4-5-6-7-8-9-10-11-12-13;1-3-4-5-6-7(2)8/h13H,2-12H2,1H3;7H,3-6,8H2,1-2H3. The Bertz CT molecular complexity index is 150. The molecule has 0 radical (unpaired) electrons. The highest BCUT2D eigenvalue weighted by molar-refractivity contribution is 4.51. The molecule has 2 nitrogen and oxygen atoms in total. The number of nitrogens with two attached hydrogens (primary N) is 1. The minimum Gasteiger partial charge on any atom is -0.396 e. The summed E-state index contributed by atoms with van der Waals surface area (Å²) in [6, 6.07) is 0.404. The predicted molar refractivity (Wildman–Crippen MR) is 96.7 cm³/mol. The summed E-state index contributed by atoms with van der Waals surface area (Å²) < 4.78 is 0. The van der Waals surface area contributed by atoms with Gasteiger partial charge in [-0.2, -0.15) is 0 Å². The van der Waals surface area contributed by atoms with Crippen LogP contribution in [-0.4, -0.2) is 17.8 Å². The molecule has 21 heavy (non-hydrogen) atoms. The molecule has 0 bridgehead atoms. The molecule has 2 heteroatoms. The van der Waals surface area contributed by atoms with E-state index in [-0.39, 0.29) is 0 Å². The maximum absolute atomic E-state index is 8.57. The van der Waals surface area contributed by atoms with Crippen LogP contribution in [0.3, 0.4) is 0 Å². The molecule has 130 valence electrons. The summed E-state index contributed by atoms with van der Waals surface area (Å²) in [5.41, 5.74) is 5.53. The normalized spacial score (nSPS) is 11.9. The third-order valence-corrected chi connectivity index (χ3v) is 3.77. The van der Waals surface area contributed by atoms with Gasteiger partial charge in [-0.3, -0.25) is 0 Å². The number of aliphatic hydroxyl groups excluding tert-OH is 1. The number of hydrogen-bond acceptors (Lipinski definition) is 2. The second-order valence-electron chi connectivity index (χ2n) is 6.38. The maximum atomic E-state index is 8.57. The zero-order valence-electron chi connectivity index (χ0n) is 15.2. The zero-order chi connectivity index (χ0) is 16.2. The Kier molecular flexibility index (Phi) is 24.5. The summed E-state index contributed by atoms with van der Waals surface area (Å²) in [6.45, 7) is 6.90. The molecule has 0 aliphatic carbocycles. The van der Waals surface area contributed by atoms with Crippen LogP contribution in [0.15, 0.2) is 0 Å². The lowest BCUT2D eigenvalue weighted by Crippen LogP contribution is -2.13. The highest BCUT2D eigenvalue weighted by atomic mass is 16.2. The number of unbranched alkanes of at least 4 members (excludes halogenated alkanes) is 11. The first-order valence-electron chi connectivity index (χ1n) is 9.55. The van der Waals surface area contributed by atoms with Crippen molar-refractivity contribution in [2.75, 3.05) is 6.61 Å². The van der Waals surface area contributed by atoms with Crippen LogP contribution < -0.4 is 5.73 Å². The Labute approximate surface area is 134 Å². The van der Waals surface area contributed by atoms with Crippen LogP contribution in [0.2, 0.25) is 0 Å². The summed E-state index contributed by atoms with van der Waals surface area (Å²) in [4.78, 5) is 0. The average Bonchev–Trinajstić information content (AvgIpc) is 2.46. The maximum Gasteiger partial charge on any atom is 0.0431 e. The van der Waals surface area contributed by atoms with E-state index < -0.39 is 0 Å². The Morgan fingerprint density at radius 1 is 0.667 bits per heavy atom. The molecule has 0 amide bonds. The van der Waals surface area contributed by atoms with Crippen molar-refractivity contribution in [1.82, 2.24) is 0 Å². The predicted octanol–water partition coefficient (Wildman–Crippen LogP) is 5.81. The minimum absolute atomic E-state index is 0.372. The monoisotopic (exact) mass is 301 g/mol. The van der Waals surface area contributed by atoms with E-state index in [1.54, 1.807) is 0 Å². The molecule has 0 heterocycles. The van der Waals surface area contributed by atoms with Crippen molar-refractivity contribution in [1.29, 1.82) is 0 Å². The second kappa shape index (κ2) is 22.2. The highest BCUT2D eigenvalue weighted by Crippen LogP contribution is 2.10. The van der Waals surface area contributed by atoms with Crippen molar-refractivity contribution in [3.8, 4) is 0 Å². The van der Waals surface area contributed by atoms with Crippen LogP contribution >= 0.6 is 0 Å². The van der Waals surface area contributed by atoms with Crippen molar-refractivity contribution in [2.45, 2.75) is 117 Å². The first-order valence-corrected chi connectivity index (χ1v) is 9.55. The molecule has 0 fully saturated rings. The molecule has 0 aromatic heterocycles. The van der Waals surface area contributed by atoms with Crippen LogP contribution in [0.4, 0.5) is 0 Å². The molecule has 0 spiro atoms. The third-order valence-electron chi connectivity index (χ3n) is 3.77. The Morgan fingerprint density at radius 2 is 1.05 bits per heavy atom. The van der Waals surface area contributed by atoms with Gasteiger partial charge in [-0.25, -0.2) is 0 Å². The van der Waals surface area contributed by atoms with Gasteiger partial charge >= 0.3 is 0 Å². The average molecular weight is 302 g/mol. The van der Waals surface area contributed by atoms with Crippen LogP contribution in [0.1, 0.15) is 111 Å². The van der Waals surface area contributed by atoms with E-state index in [4.69, 9.17) is 10.8 Å². The molecule has 0 saturated heterocycles. The molecule has 0 rings (SSSR count). The number of hydrogen-bond donors (Lipinski definition) is 2. The Morgan fingerprint density at radius 3 is 1.43 bits per heavy atom. The summed E-state index contributed by atoms with van der Waals surface area (Å²) in [5, 5.41) is 8.57. The zero-order valence-corrected chi connectivity index (χ0v) is 15.2. The Hall–Kier alpha value is -0.0800. The lowest BCUT2D eigenvalue weighted by atomic mass is 10.1. The van der Waals surface area contributed by atoms with E-state index in [1.807, 2.05) is 0 Å². The van der Waals surface area contributed by atoms with Gasteiger partial charge in [0.15, 0.2) is 0 Å². The van der Waals surface area contributed by atoms with Crippen molar-refractivity contribution >= 4 is 0 Å². The molecular weight excluding hydrogens is 258 g/mol. The lowest BCUT2D eigenvalue weighted by Gasteiger charge is -2.01. The van der Waals surface area contributed by atoms with Gasteiger partial charge in [0.1, 0.15) is 0 Å². The van der Waals surface area contributed by atoms with Crippen LogP contribution in [0, 0.1) is 0 Å². The SMILES string of the molecule is CCCCCC(C)N.CCCCCCCCCCCCO. The molecule has 1 atom stereocenters. The largest absolute Gasteiger partial charge is 0.396 e. The fraction of sp³-hybridized carbons (Fsp3) is 1.00. The van der Waals surface area contributed by atoms with E-state index in [0.29, 0.717) is 12.6 Å². The van der Waals surface area contributed by atoms with Gasteiger partial charge in [-0.15, -0.1) is 0 Å². The fourth-order valence-electron chi connectivity index (χ4n) is 2.32. The first kappa shape index (κ1) is 23.2. The summed E-state index contributed by atoms with van der Waals surface area (Å²) >= 11 is 0. The fourth-order valence-corrected chi connectivity index (χ4v) is 2.32. The van der Waals surface area contributed by atoms with E-state index in [9.17, 15) is 0 Å². The van der Waals surface area contributed by atoms with E-state index in [2.05, 4.69) is 20.8 Å². The van der Waals surface area contributed by atoms with Crippen LogP contribution in [0.5, 0.6) is 0 Å². The van der Waals surface area contributed by atoms with Gasteiger partial charge in [-0.1, -0.05) is 90.9 Å². The van der Waals surface area contributed by atoms with Crippen molar-refractivity contribution in [3.63, 3.8) is 0 Å². The van der Waals surface area contributed by atoms with Gasteiger partial charge in [0, 0.05) is 12.6 Å². The molecule has 0 aliphatic heterocycles. The second-order valence-corrected chi connectivity index (χ2v) is 6.38. The van der Waals surface area contributed by atoms with Gasteiger partial charge < -0.3 is 10.8 Å². The molecular formula is C19H43NO. The summed E-state index contributed by atoms with van der Waals surface area (Å²) in [5.74, 6) is 0. The van der Waals surface area contributed by atoms with Gasteiger partial charge in [0.25, 0.3) is 0 Å². The smallest absolute Gasteiger partial charge is 0.0431 e. The van der Waals surface area contributed by atoms with E-state index >= 15 is 0 Å². The lowest BCUT2D eigenvalue weighted by molar-refractivity contribution is 0.282. The van der Waals surface area contributed by atoms with Crippen LogP contribution in [0.25, 0.3) is 0 Å². The van der Waals surface area contributed by atoms with Gasteiger partial charge in [0.05, 0.1) is 0 Å². The molecule has 0 saturated carbocycles.